The normalized spacial score (nSPS) is 11.2. The van der Waals surface area contributed by atoms with Gasteiger partial charge in [0.15, 0.2) is 0 Å². The minimum absolute atomic E-state index is 0.220. The van der Waals surface area contributed by atoms with Crippen LogP contribution in [0.5, 0.6) is 0 Å². The van der Waals surface area contributed by atoms with E-state index in [9.17, 15) is 9.59 Å². The van der Waals surface area contributed by atoms with Crippen LogP contribution in [0.3, 0.4) is 0 Å². The maximum Gasteiger partial charge on any atom is 0.271 e. The molecule has 0 saturated carbocycles. The first kappa shape index (κ1) is 22.9. The van der Waals surface area contributed by atoms with Gasteiger partial charge in [-0.3, -0.25) is 9.59 Å². The van der Waals surface area contributed by atoms with Crippen molar-refractivity contribution in [3.05, 3.63) is 124 Å². The number of fused-ring (bicyclic) bond motifs is 1. The summed E-state index contributed by atoms with van der Waals surface area (Å²) in [5, 5.41) is 4.46. The molecule has 0 unspecified atom stereocenters. The average molecular weight is 474 g/mol. The lowest BCUT2D eigenvalue weighted by Gasteiger charge is -2.10. The smallest absolute Gasteiger partial charge is 0.271 e. The van der Waals surface area contributed by atoms with Gasteiger partial charge in [-0.25, -0.2) is 10.4 Å². The fourth-order valence-corrected chi connectivity index (χ4v) is 3.81. The molecule has 0 saturated heterocycles. The lowest BCUT2D eigenvalue weighted by atomic mass is 10.0. The molecular formula is C30H23N3O3. The molecule has 0 spiro atoms. The molecule has 5 rings (SSSR count). The number of carbonyl (C=O) groups is 1. The van der Waals surface area contributed by atoms with Crippen molar-refractivity contribution in [2.24, 2.45) is 5.10 Å². The van der Waals surface area contributed by atoms with Crippen molar-refractivity contribution in [1.82, 2.24) is 10.4 Å². The summed E-state index contributed by atoms with van der Waals surface area (Å²) in [6, 6.07) is 26.4. The number of nitrogens with one attached hydrogen (secondary N) is 1. The van der Waals surface area contributed by atoms with E-state index in [1.54, 1.807) is 36.4 Å². The van der Waals surface area contributed by atoms with Crippen LogP contribution in [0.15, 0.2) is 106 Å². The summed E-state index contributed by atoms with van der Waals surface area (Å²) in [6.07, 6.45) is 2.62. The Balaban J connectivity index is 1.46. The number of aromatic nitrogens is 1. The number of rotatable bonds is 5. The monoisotopic (exact) mass is 473 g/mol. The summed E-state index contributed by atoms with van der Waals surface area (Å²) in [7, 11) is 0. The average Bonchev–Trinajstić information content (AvgIpc) is 2.90. The molecule has 0 radical (unpaired) electrons. The van der Waals surface area contributed by atoms with Gasteiger partial charge in [-0.2, -0.15) is 5.10 Å². The fourth-order valence-electron chi connectivity index (χ4n) is 3.81. The van der Waals surface area contributed by atoms with Crippen molar-refractivity contribution >= 4 is 23.1 Å². The van der Waals surface area contributed by atoms with Gasteiger partial charge in [0.05, 0.1) is 28.6 Å². The van der Waals surface area contributed by atoms with Crippen LogP contribution in [0.1, 0.15) is 27.0 Å². The van der Waals surface area contributed by atoms with Gasteiger partial charge in [0.2, 0.25) is 5.43 Å². The van der Waals surface area contributed by atoms with Crippen molar-refractivity contribution in [3.8, 4) is 22.5 Å². The van der Waals surface area contributed by atoms with Crippen LogP contribution in [0.25, 0.3) is 33.5 Å². The molecule has 36 heavy (non-hydrogen) atoms. The van der Waals surface area contributed by atoms with Crippen LogP contribution in [-0.2, 0) is 0 Å². The van der Waals surface area contributed by atoms with E-state index in [0.717, 1.165) is 22.3 Å². The fraction of sp³-hybridized carbons (Fsp3) is 0.0667. The first-order valence-electron chi connectivity index (χ1n) is 11.5. The number of aryl methyl sites for hydroxylation is 2. The van der Waals surface area contributed by atoms with Crippen molar-refractivity contribution in [1.29, 1.82) is 0 Å². The molecule has 176 valence electrons. The number of hydrazone groups is 1. The predicted molar refractivity (Wildman–Crippen MR) is 142 cm³/mol. The van der Waals surface area contributed by atoms with E-state index >= 15 is 0 Å². The maximum atomic E-state index is 13.1. The second-order valence-electron chi connectivity index (χ2n) is 8.57. The van der Waals surface area contributed by atoms with Crippen LogP contribution in [0.2, 0.25) is 0 Å². The summed E-state index contributed by atoms with van der Waals surface area (Å²) in [5.41, 5.74) is 8.87. The van der Waals surface area contributed by atoms with E-state index in [1.807, 2.05) is 62.4 Å². The van der Waals surface area contributed by atoms with Crippen LogP contribution >= 0.6 is 0 Å². The topological polar surface area (TPSA) is 84.6 Å². The molecule has 5 aromatic rings. The molecule has 1 amide bonds. The molecule has 3 aromatic carbocycles. The van der Waals surface area contributed by atoms with Crippen LogP contribution in [0.4, 0.5) is 0 Å². The first-order valence-corrected chi connectivity index (χ1v) is 11.5. The number of pyridine rings is 1. The molecular weight excluding hydrogens is 450 g/mol. The first-order chi connectivity index (χ1) is 17.5. The number of benzene rings is 3. The molecule has 0 aliphatic carbocycles. The number of hydrogen-bond donors (Lipinski definition) is 1. The maximum absolute atomic E-state index is 13.1. The van der Waals surface area contributed by atoms with Crippen molar-refractivity contribution < 1.29 is 9.21 Å². The quantitative estimate of drug-likeness (QED) is 0.254. The van der Waals surface area contributed by atoms with Gasteiger partial charge >= 0.3 is 0 Å². The summed E-state index contributed by atoms with van der Waals surface area (Å²) in [5.74, 6) is -0.416. The molecule has 0 atom stereocenters. The van der Waals surface area contributed by atoms with Gasteiger partial charge in [0.1, 0.15) is 11.8 Å². The molecule has 2 heterocycles. The van der Waals surface area contributed by atoms with E-state index in [-0.39, 0.29) is 11.0 Å². The van der Waals surface area contributed by atoms with E-state index in [1.165, 1.54) is 12.5 Å². The summed E-state index contributed by atoms with van der Waals surface area (Å²) in [4.78, 5) is 30.5. The van der Waals surface area contributed by atoms with E-state index < -0.39 is 5.91 Å². The number of carbonyl (C=O) groups excluding carboxylic acids is 1. The highest BCUT2D eigenvalue weighted by Crippen LogP contribution is 2.25. The molecule has 0 aliphatic rings. The number of hydrogen-bond acceptors (Lipinski definition) is 5. The summed E-state index contributed by atoms with van der Waals surface area (Å²) >= 11 is 0. The minimum atomic E-state index is -0.416. The van der Waals surface area contributed by atoms with E-state index in [2.05, 4.69) is 10.5 Å². The Morgan fingerprint density at radius 3 is 2.06 bits per heavy atom. The SMILES string of the molecule is Cc1ccc(-c2cc(C(=O)N/N=C/c3coc4ccccc4c3=O)cc(-c3ccc(C)cc3)n2)cc1. The molecule has 1 N–H and O–H groups in total. The van der Waals surface area contributed by atoms with E-state index in [0.29, 0.717) is 27.9 Å². The Morgan fingerprint density at radius 2 is 1.44 bits per heavy atom. The molecule has 0 aliphatic heterocycles. The highest BCUT2D eigenvalue weighted by Gasteiger charge is 2.13. The van der Waals surface area contributed by atoms with Crippen LogP contribution in [-0.4, -0.2) is 17.1 Å². The Kier molecular flexibility index (Phi) is 6.24. The number of amides is 1. The predicted octanol–water partition coefficient (Wildman–Crippen LogP) is 5.90. The molecule has 0 bridgehead atoms. The number of nitrogens with zero attached hydrogens (tertiary/aromatic N) is 2. The van der Waals surface area contributed by atoms with E-state index in [4.69, 9.17) is 9.40 Å². The van der Waals surface area contributed by atoms with Crippen molar-refractivity contribution in [2.75, 3.05) is 0 Å². The highest BCUT2D eigenvalue weighted by atomic mass is 16.3. The minimum Gasteiger partial charge on any atom is -0.463 e. The molecule has 6 heteroatoms. The Hall–Kier alpha value is -4.84. The number of para-hydroxylation sites is 1. The Bertz CT molecular complexity index is 1590. The lowest BCUT2D eigenvalue weighted by Crippen LogP contribution is -2.19. The van der Waals surface area contributed by atoms with Gasteiger partial charge in [0.25, 0.3) is 5.91 Å². The third-order valence-corrected chi connectivity index (χ3v) is 5.86. The zero-order chi connectivity index (χ0) is 25.1. The zero-order valence-electron chi connectivity index (χ0n) is 19.9. The third kappa shape index (κ3) is 4.83. The second-order valence-corrected chi connectivity index (χ2v) is 8.57. The Morgan fingerprint density at radius 1 is 0.861 bits per heavy atom. The van der Waals surface area contributed by atoms with Crippen molar-refractivity contribution in [3.63, 3.8) is 0 Å². The summed E-state index contributed by atoms with van der Waals surface area (Å²) < 4.78 is 5.50. The molecule has 0 fully saturated rings. The van der Waals surface area contributed by atoms with Crippen LogP contribution in [0, 0.1) is 13.8 Å². The van der Waals surface area contributed by atoms with Gasteiger partial charge in [-0.15, -0.1) is 0 Å². The Labute approximate surface area is 208 Å². The molecule has 2 aromatic heterocycles. The third-order valence-electron chi connectivity index (χ3n) is 5.86. The molecule has 6 nitrogen and oxygen atoms in total. The zero-order valence-corrected chi connectivity index (χ0v) is 19.9. The van der Waals surface area contributed by atoms with Crippen molar-refractivity contribution in [2.45, 2.75) is 13.8 Å². The van der Waals surface area contributed by atoms with Gasteiger partial charge in [-0.1, -0.05) is 71.8 Å². The second kappa shape index (κ2) is 9.80. The van der Waals surface area contributed by atoms with Gasteiger partial charge in [-0.05, 0) is 38.1 Å². The highest BCUT2D eigenvalue weighted by molar-refractivity contribution is 5.97. The lowest BCUT2D eigenvalue weighted by molar-refractivity contribution is 0.0955. The van der Waals surface area contributed by atoms with Gasteiger partial charge in [0, 0.05) is 16.7 Å². The standard InChI is InChI=1S/C30H23N3O3/c1-19-7-11-21(12-8-19)26-15-23(16-27(32-26)22-13-9-20(2)10-14-22)30(35)33-31-17-24-18-36-28-6-4-3-5-25(28)29(24)34/h3-18H,1-2H3,(H,33,35)/b31-17+. The largest absolute Gasteiger partial charge is 0.463 e. The van der Waals surface area contributed by atoms with Gasteiger partial charge < -0.3 is 4.42 Å². The summed E-state index contributed by atoms with van der Waals surface area (Å²) in [6.45, 7) is 4.04. The van der Waals surface area contributed by atoms with Crippen LogP contribution < -0.4 is 10.9 Å².